The minimum Gasteiger partial charge on any atom is -0.369 e. The summed E-state index contributed by atoms with van der Waals surface area (Å²) in [5, 5.41) is 0. The fourth-order valence-electron chi connectivity index (χ4n) is 0.491. The van der Waals surface area contributed by atoms with Crippen molar-refractivity contribution in [3.63, 3.8) is 0 Å². The summed E-state index contributed by atoms with van der Waals surface area (Å²) >= 11 is 0. The van der Waals surface area contributed by atoms with Crippen LogP contribution in [0.3, 0.4) is 0 Å². The highest BCUT2D eigenvalue weighted by atomic mass is 16.1. The number of hydrogen-bond donors (Lipinski definition) is 2. The van der Waals surface area contributed by atoms with Crippen molar-refractivity contribution in [3.8, 4) is 0 Å². The highest BCUT2D eigenvalue weighted by Crippen LogP contribution is 1.89. The number of amides is 1. The molecule has 1 aromatic heterocycles. The quantitative estimate of drug-likeness (QED) is 0.555. The smallest absolute Gasteiger partial charge is 0.229 e. The fourth-order valence-corrected chi connectivity index (χ4v) is 0.491. The van der Waals surface area contributed by atoms with Crippen LogP contribution in [0.4, 0.5) is 0 Å². The second kappa shape index (κ2) is 2.30. The Hall–Kier alpha value is -1.32. The van der Waals surface area contributed by atoms with Crippen LogP contribution in [0.1, 0.15) is 5.82 Å². The molecule has 0 aliphatic heterocycles. The average molecular weight is 124 g/mol. The van der Waals surface area contributed by atoms with Gasteiger partial charge in [0.15, 0.2) is 0 Å². The van der Waals surface area contributed by atoms with Gasteiger partial charge in [-0.1, -0.05) is 0 Å². The summed E-state index contributed by atoms with van der Waals surface area (Å²) in [6, 6.07) is 0. The number of nitrogens with zero attached hydrogens (tertiary/aromatic N) is 1. The van der Waals surface area contributed by atoms with E-state index in [1.807, 2.05) is 0 Å². The standard InChI is InChI=1S/C5H6N3O/c6-4(9)3-5-7-1-2-8-5/h1-3H,(H2,6,9)(H,7,8). The lowest BCUT2D eigenvalue weighted by Gasteiger charge is -1.85. The molecular formula is C5H6N3O. The van der Waals surface area contributed by atoms with Crippen LogP contribution >= 0.6 is 0 Å². The third kappa shape index (κ3) is 1.56. The number of aromatic amines is 1. The molecule has 9 heavy (non-hydrogen) atoms. The zero-order valence-corrected chi connectivity index (χ0v) is 4.66. The lowest BCUT2D eigenvalue weighted by atomic mass is 10.4. The van der Waals surface area contributed by atoms with Gasteiger partial charge in [0.05, 0.1) is 0 Å². The maximum absolute atomic E-state index is 10.2. The SMILES string of the molecule is NC(=O)[CH]c1ncc[nH]1. The third-order valence-corrected chi connectivity index (χ3v) is 0.798. The van der Waals surface area contributed by atoms with Crippen molar-refractivity contribution in [2.75, 3.05) is 0 Å². The number of rotatable bonds is 2. The van der Waals surface area contributed by atoms with Gasteiger partial charge in [0.1, 0.15) is 12.2 Å². The molecule has 0 unspecified atom stereocenters. The molecule has 1 amide bonds. The van der Waals surface area contributed by atoms with Crippen molar-refractivity contribution in [1.29, 1.82) is 0 Å². The van der Waals surface area contributed by atoms with Crippen molar-refractivity contribution in [2.24, 2.45) is 5.73 Å². The molecule has 0 aliphatic carbocycles. The molecule has 1 rings (SSSR count). The van der Waals surface area contributed by atoms with E-state index in [2.05, 4.69) is 9.97 Å². The molecule has 0 fully saturated rings. The van der Waals surface area contributed by atoms with Gasteiger partial charge in [0.25, 0.3) is 0 Å². The van der Waals surface area contributed by atoms with Crippen LogP contribution in [0.5, 0.6) is 0 Å². The number of nitrogens with one attached hydrogen (secondary N) is 1. The van der Waals surface area contributed by atoms with Gasteiger partial charge in [0.2, 0.25) is 5.91 Å². The number of hydrogen-bond acceptors (Lipinski definition) is 2. The minimum absolute atomic E-state index is 0.488. The maximum Gasteiger partial charge on any atom is 0.229 e. The number of H-pyrrole nitrogens is 1. The highest BCUT2D eigenvalue weighted by molar-refractivity contribution is 5.85. The molecule has 1 aromatic rings. The molecule has 3 N–H and O–H groups in total. The third-order valence-electron chi connectivity index (χ3n) is 0.798. The van der Waals surface area contributed by atoms with Gasteiger partial charge in [0, 0.05) is 12.4 Å². The first kappa shape index (κ1) is 5.81. The monoisotopic (exact) mass is 124 g/mol. The number of nitrogens with two attached hydrogens (primary N) is 1. The second-order valence-corrected chi connectivity index (χ2v) is 1.52. The summed E-state index contributed by atoms with van der Waals surface area (Å²) in [5.74, 6) is -0.00699. The first-order valence-corrected chi connectivity index (χ1v) is 2.42. The summed E-state index contributed by atoms with van der Waals surface area (Å²) in [4.78, 5) is 16.6. The zero-order chi connectivity index (χ0) is 6.69. The summed E-state index contributed by atoms with van der Waals surface area (Å²) in [6.07, 6.45) is 4.39. The molecule has 0 saturated heterocycles. The molecular weight excluding hydrogens is 118 g/mol. The lowest BCUT2D eigenvalue weighted by molar-refractivity contribution is -0.114. The van der Waals surface area contributed by atoms with E-state index < -0.39 is 5.91 Å². The van der Waals surface area contributed by atoms with Crippen molar-refractivity contribution in [2.45, 2.75) is 0 Å². The Labute approximate surface area is 52.1 Å². The van der Waals surface area contributed by atoms with Crippen LogP contribution in [0.15, 0.2) is 12.4 Å². The van der Waals surface area contributed by atoms with Gasteiger partial charge in [-0.15, -0.1) is 0 Å². The van der Waals surface area contributed by atoms with Crippen LogP contribution < -0.4 is 5.73 Å². The summed E-state index contributed by atoms with van der Waals surface area (Å²) < 4.78 is 0. The van der Waals surface area contributed by atoms with Gasteiger partial charge in [-0.05, 0) is 0 Å². The molecule has 0 saturated carbocycles. The van der Waals surface area contributed by atoms with Gasteiger partial charge in [-0.3, -0.25) is 4.79 Å². The van der Waals surface area contributed by atoms with Crippen molar-refractivity contribution >= 4 is 5.91 Å². The largest absolute Gasteiger partial charge is 0.369 e. The first-order valence-electron chi connectivity index (χ1n) is 2.42. The second-order valence-electron chi connectivity index (χ2n) is 1.52. The normalized spacial score (nSPS) is 9.33. The minimum atomic E-state index is -0.495. The number of primary amides is 1. The molecule has 47 valence electrons. The fraction of sp³-hybridized carbons (Fsp3) is 0. The maximum atomic E-state index is 10.2. The predicted octanol–water partition coefficient (Wildman–Crippen LogP) is -0.553. The van der Waals surface area contributed by atoms with Crippen LogP contribution in [-0.4, -0.2) is 15.9 Å². The van der Waals surface area contributed by atoms with E-state index in [1.54, 1.807) is 12.4 Å². The lowest BCUT2D eigenvalue weighted by Crippen LogP contribution is -2.12. The highest BCUT2D eigenvalue weighted by Gasteiger charge is 1.98. The zero-order valence-electron chi connectivity index (χ0n) is 4.66. The number of imidazole rings is 1. The van der Waals surface area contributed by atoms with Crippen LogP contribution in [-0.2, 0) is 4.79 Å². The Morgan fingerprint density at radius 1 is 1.89 bits per heavy atom. The van der Waals surface area contributed by atoms with Crippen LogP contribution in [0.2, 0.25) is 0 Å². The Morgan fingerprint density at radius 2 is 2.67 bits per heavy atom. The first-order chi connectivity index (χ1) is 4.29. The Kier molecular flexibility index (Phi) is 1.48. The van der Waals surface area contributed by atoms with Crippen molar-refractivity contribution < 1.29 is 4.79 Å². The molecule has 4 heteroatoms. The molecule has 1 radical (unpaired) electrons. The summed E-state index contributed by atoms with van der Waals surface area (Å²) in [5.41, 5.74) is 4.83. The van der Waals surface area contributed by atoms with Crippen LogP contribution in [0.25, 0.3) is 0 Å². The molecule has 0 spiro atoms. The van der Waals surface area contributed by atoms with Gasteiger partial charge >= 0.3 is 0 Å². The van der Waals surface area contributed by atoms with E-state index >= 15 is 0 Å². The molecule has 4 nitrogen and oxygen atoms in total. The molecule has 1 heterocycles. The van der Waals surface area contributed by atoms with Crippen molar-refractivity contribution in [3.05, 3.63) is 24.6 Å². The molecule has 0 atom stereocenters. The average Bonchev–Trinajstić information content (AvgIpc) is 2.15. The molecule has 0 aliphatic rings. The van der Waals surface area contributed by atoms with E-state index in [0.717, 1.165) is 0 Å². The van der Waals surface area contributed by atoms with E-state index in [0.29, 0.717) is 5.82 Å². The number of carbonyl (C=O) groups is 1. The Bertz CT molecular complexity index is 192. The number of aromatic nitrogens is 2. The van der Waals surface area contributed by atoms with Gasteiger partial charge < -0.3 is 10.7 Å². The molecule has 0 bridgehead atoms. The Balaban J connectivity index is 2.58. The van der Waals surface area contributed by atoms with Crippen LogP contribution in [0, 0.1) is 6.42 Å². The van der Waals surface area contributed by atoms with E-state index in [-0.39, 0.29) is 0 Å². The predicted molar refractivity (Wildman–Crippen MR) is 31.2 cm³/mol. The van der Waals surface area contributed by atoms with Crippen molar-refractivity contribution in [1.82, 2.24) is 9.97 Å². The van der Waals surface area contributed by atoms with E-state index in [4.69, 9.17) is 5.73 Å². The van der Waals surface area contributed by atoms with Gasteiger partial charge in [-0.25, -0.2) is 4.98 Å². The summed E-state index contributed by atoms with van der Waals surface area (Å²) in [6.45, 7) is 0. The topological polar surface area (TPSA) is 71.8 Å². The molecule has 0 aromatic carbocycles. The van der Waals surface area contributed by atoms with Gasteiger partial charge in [-0.2, -0.15) is 0 Å². The summed E-state index contributed by atoms with van der Waals surface area (Å²) in [7, 11) is 0. The number of carbonyl (C=O) groups excluding carboxylic acids is 1. The van der Waals surface area contributed by atoms with E-state index in [1.165, 1.54) is 6.42 Å². The van der Waals surface area contributed by atoms with E-state index in [9.17, 15) is 4.79 Å². The Morgan fingerprint density at radius 3 is 3.11 bits per heavy atom.